The monoisotopic (exact) mass is 456 g/mol. The predicted molar refractivity (Wildman–Crippen MR) is 122 cm³/mol. The topological polar surface area (TPSA) is 89.3 Å². The zero-order valence-corrected chi connectivity index (χ0v) is 18.0. The molecule has 9 heteroatoms. The number of benzene rings is 2. The van der Waals surface area contributed by atoms with Gasteiger partial charge in [0, 0.05) is 29.3 Å². The summed E-state index contributed by atoms with van der Waals surface area (Å²) in [5.74, 6) is 0.241. The van der Waals surface area contributed by atoms with Crippen LogP contribution in [0.15, 0.2) is 59.4 Å². The van der Waals surface area contributed by atoms with Gasteiger partial charge in [-0.1, -0.05) is 41.4 Å². The van der Waals surface area contributed by atoms with Crippen molar-refractivity contribution in [1.82, 2.24) is 14.7 Å². The number of nitrogens with zero attached hydrogens (tertiary/aromatic N) is 3. The van der Waals surface area contributed by atoms with Gasteiger partial charge in [-0.3, -0.25) is 4.79 Å². The molecule has 0 saturated heterocycles. The number of anilines is 2. The summed E-state index contributed by atoms with van der Waals surface area (Å²) in [6.45, 7) is 0.0804. The number of hydrogen-bond donors (Lipinski definition) is 2. The Morgan fingerprint density at radius 1 is 1.03 bits per heavy atom. The molecule has 0 atom stereocenters. The molecule has 0 aliphatic rings. The number of pyridine rings is 1. The fourth-order valence-electron chi connectivity index (χ4n) is 3.25. The zero-order valence-electron chi connectivity index (χ0n) is 16.5. The highest BCUT2D eigenvalue weighted by molar-refractivity contribution is 6.39. The van der Waals surface area contributed by atoms with Crippen LogP contribution in [0.5, 0.6) is 0 Å². The van der Waals surface area contributed by atoms with E-state index in [1.54, 1.807) is 24.3 Å². The summed E-state index contributed by atoms with van der Waals surface area (Å²) in [6, 6.07) is 15.7. The van der Waals surface area contributed by atoms with E-state index in [0.717, 1.165) is 16.0 Å². The molecule has 2 heterocycles. The average Bonchev–Trinajstić information content (AvgIpc) is 2.75. The minimum atomic E-state index is -0.371. The third-order valence-corrected chi connectivity index (χ3v) is 5.33. The van der Waals surface area contributed by atoms with E-state index < -0.39 is 0 Å². The molecule has 31 heavy (non-hydrogen) atoms. The first-order chi connectivity index (χ1) is 15.0. The van der Waals surface area contributed by atoms with E-state index in [9.17, 15) is 4.79 Å². The van der Waals surface area contributed by atoms with Crippen molar-refractivity contribution in [3.63, 3.8) is 0 Å². The third-order valence-electron chi connectivity index (χ3n) is 4.70. The molecule has 2 N–H and O–H groups in total. The molecule has 0 bridgehead atoms. The molecule has 4 rings (SSSR count). The number of aromatic nitrogens is 3. The van der Waals surface area contributed by atoms with Crippen molar-refractivity contribution < 1.29 is 9.94 Å². The van der Waals surface area contributed by atoms with Crippen LogP contribution in [0.25, 0.3) is 22.3 Å². The number of fused-ring (bicyclic) bond motifs is 1. The second kappa shape index (κ2) is 8.93. The molecule has 0 spiro atoms. The normalized spacial score (nSPS) is 11.0. The first-order valence-electron chi connectivity index (χ1n) is 9.41. The summed E-state index contributed by atoms with van der Waals surface area (Å²) in [6.07, 6.45) is 0.571. The van der Waals surface area contributed by atoms with Crippen molar-refractivity contribution in [3.8, 4) is 11.3 Å². The van der Waals surface area contributed by atoms with Crippen LogP contribution in [0.1, 0.15) is 5.56 Å². The van der Waals surface area contributed by atoms with Crippen molar-refractivity contribution in [3.05, 3.63) is 80.6 Å². The van der Waals surface area contributed by atoms with Gasteiger partial charge in [0.1, 0.15) is 7.11 Å². The smallest absolute Gasteiger partial charge is 0.285 e. The minimum Gasteiger partial charge on any atom is -0.412 e. The van der Waals surface area contributed by atoms with Crippen LogP contribution in [-0.2, 0) is 6.42 Å². The molecule has 0 amide bonds. The minimum absolute atomic E-state index is 0.0804. The first-order valence-corrected chi connectivity index (χ1v) is 10.2. The van der Waals surface area contributed by atoms with E-state index in [-0.39, 0.29) is 23.8 Å². The van der Waals surface area contributed by atoms with Crippen LogP contribution >= 0.6 is 23.2 Å². The summed E-state index contributed by atoms with van der Waals surface area (Å²) in [5, 5.41) is 13.6. The summed E-state index contributed by atoms with van der Waals surface area (Å²) < 4.78 is 1.08. The average molecular weight is 457 g/mol. The Balaban J connectivity index is 1.91. The molecule has 0 unspecified atom stereocenters. The van der Waals surface area contributed by atoms with Crippen molar-refractivity contribution in [2.24, 2.45) is 0 Å². The molecule has 0 fully saturated rings. The second-order valence-corrected chi connectivity index (χ2v) is 7.49. The van der Waals surface area contributed by atoms with E-state index in [1.807, 2.05) is 24.3 Å². The zero-order chi connectivity index (χ0) is 22.0. The van der Waals surface area contributed by atoms with Gasteiger partial charge in [-0.05, 0) is 42.3 Å². The summed E-state index contributed by atoms with van der Waals surface area (Å²) >= 11 is 12.9. The lowest BCUT2D eigenvalue weighted by Gasteiger charge is -2.14. The van der Waals surface area contributed by atoms with Crippen molar-refractivity contribution >= 4 is 45.9 Å². The highest BCUT2D eigenvalue weighted by Gasteiger charge is 2.18. The highest BCUT2D eigenvalue weighted by atomic mass is 35.5. The maximum absolute atomic E-state index is 12.3. The lowest BCUT2D eigenvalue weighted by Crippen LogP contribution is -2.25. The Morgan fingerprint density at radius 3 is 2.39 bits per heavy atom. The number of halogens is 2. The third kappa shape index (κ3) is 4.20. The van der Waals surface area contributed by atoms with Crippen LogP contribution in [-0.4, -0.2) is 33.5 Å². The Kier molecular flexibility index (Phi) is 6.08. The Hall–Kier alpha value is -3.13. The molecule has 0 saturated carbocycles. The fourth-order valence-corrected chi connectivity index (χ4v) is 3.83. The van der Waals surface area contributed by atoms with Crippen molar-refractivity contribution in [1.29, 1.82) is 0 Å². The van der Waals surface area contributed by atoms with Crippen LogP contribution in [0.3, 0.4) is 0 Å². The maximum atomic E-state index is 12.3. The van der Waals surface area contributed by atoms with Gasteiger partial charge in [-0.15, -0.1) is 4.73 Å². The van der Waals surface area contributed by atoms with Gasteiger partial charge in [-0.2, -0.15) is 4.98 Å². The predicted octanol–water partition coefficient (Wildman–Crippen LogP) is 4.10. The van der Waals surface area contributed by atoms with Crippen LogP contribution < -0.4 is 15.7 Å². The Morgan fingerprint density at radius 2 is 1.74 bits per heavy atom. The van der Waals surface area contributed by atoms with E-state index in [1.165, 1.54) is 13.2 Å². The lowest BCUT2D eigenvalue weighted by atomic mass is 10.1. The first kappa shape index (κ1) is 21.1. The fraction of sp³-hybridized carbons (Fsp3) is 0.136. The summed E-state index contributed by atoms with van der Waals surface area (Å²) in [5.41, 5.74) is 2.63. The number of aliphatic hydroxyl groups is 1. The highest BCUT2D eigenvalue weighted by Crippen LogP contribution is 2.37. The standard InChI is InChI=1S/C22H18Cl2N4O3/c1-31-28-18(30)10-9-15-20(19-16(23)3-2-4-17(19)24)26-22(27-21(15)28)25-14-7-5-13(6-8-14)11-12-29/h2-10,29H,11-12H2,1H3,(H,25,26,27). The van der Waals surface area contributed by atoms with Crippen molar-refractivity contribution in [2.75, 3.05) is 19.0 Å². The van der Waals surface area contributed by atoms with E-state index in [4.69, 9.17) is 33.1 Å². The molecule has 7 nitrogen and oxygen atoms in total. The van der Waals surface area contributed by atoms with Gasteiger partial charge in [0.05, 0.1) is 15.7 Å². The van der Waals surface area contributed by atoms with Crippen LogP contribution in [0.4, 0.5) is 11.6 Å². The van der Waals surface area contributed by atoms with Crippen molar-refractivity contribution in [2.45, 2.75) is 6.42 Å². The van der Waals surface area contributed by atoms with E-state index in [2.05, 4.69) is 15.3 Å². The summed E-state index contributed by atoms with van der Waals surface area (Å²) in [4.78, 5) is 26.7. The number of nitrogens with one attached hydrogen (secondary N) is 1. The largest absolute Gasteiger partial charge is 0.412 e. The van der Waals surface area contributed by atoms with Gasteiger partial charge in [0.15, 0.2) is 5.65 Å². The quantitative estimate of drug-likeness (QED) is 0.453. The van der Waals surface area contributed by atoms with Crippen LogP contribution in [0, 0.1) is 0 Å². The van der Waals surface area contributed by atoms with Gasteiger partial charge in [-0.25, -0.2) is 4.98 Å². The molecule has 4 aromatic rings. The Labute approximate surface area is 187 Å². The van der Waals surface area contributed by atoms with Gasteiger partial charge < -0.3 is 15.3 Å². The molecule has 0 radical (unpaired) electrons. The second-order valence-electron chi connectivity index (χ2n) is 6.67. The number of hydrogen-bond acceptors (Lipinski definition) is 6. The number of rotatable bonds is 6. The Bertz CT molecular complexity index is 1290. The SMILES string of the molecule is COn1c(=O)ccc2c(-c3c(Cl)cccc3Cl)nc(Nc3ccc(CCO)cc3)nc21. The molecule has 0 aliphatic carbocycles. The number of aliphatic hydroxyl groups excluding tert-OH is 1. The summed E-state index contributed by atoms with van der Waals surface area (Å²) in [7, 11) is 1.39. The van der Waals surface area contributed by atoms with Crippen LogP contribution in [0.2, 0.25) is 10.0 Å². The van der Waals surface area contributed by atoms with Gasteiger partial charge in [0.25, 0.3) is 5.56 Å². The van der Waals surface area contributed by atoms with E-state index in [0.29, 0.717) is 33.1 Å². The van der Waals surface area contributed by atoms with Gasteiger partial charge >= 0.3 is 0 Å². The maximum Gasteiger partial charge on any atom is 0.285 e. The molecule has 2 aromatic carbocycles. The van der Waals surface area contributed by atoms with E-state index >= 15 is 0 Å². The molecule has 2 aromatic heterocycles. The molecular formula is C22H18Cl2N4O3. The van der Waals surface area contributed by atoms with Gasteiger partial charge in [0.2, 0.25) is 5.95 Å². The lowest BCUT2D eigenvalue weighted by molar-refractivity contribution is 0.167. The molecular weight excluding hydrogens is 439 g/mol. The molecule has 158 valence electrons. The molecule has 0 aliphatic heterocycles.